The van der Waals surface area contributed by atoms with Crippen molar-refractivity contribution in [3.05, 3.63) is 53.7 Å². The molecule has 0 radical (unpaired) electrons. The molecule has 2 aromatic rings. The van der Waals surface area contributed by atoms with Gasteiger partial charge in [-0.15, -0.1) is 0 Å². The molecule has 0 saturated carbocycles. The lowest BCUT2D eigenvalue weighted by atomic mass is 10.1. The van der Waals surface area contributed by atoms with Gasteiger partial charge < -0.3 is 5.73 Å². The second-order valence-corrected chi connectivity index (χ2v) is 4.34. The molecule has 1 aromatic carbocycles. The normalized spacial score (nSPS) is 10.2. The van der Waals surface area contributed by atoms with E-state index in [0.717, 1.165) is 16.8 Å². The summed E-state index contributed by atoms with van der Waals surface area (Å²) in [5, 5.41) is 12.9. The molecule has 1 heterocycles. The molecular formula is C14H11N5S. The smallest absolute Gasteiger partial charge is 0.184 e. The number of hydrogen-bond acceptors (Lipinski definition) is 4. The Morgan fingerprint density at radius 2 is 2.10 bits per heavy atom. The van der Waals surface area contributed by atoms with Gasteiger partial charge in [-0.1, -0.05) is 24.3 Å². The second-order valence-electron chi connectivity index (χ2n) is 3.90. The van der Waals surface area contributed by atoms with Gasteiger partial charge in [-0.3, -0.25) is 10.4 Å². The molecule has 0 aliphatic carbocycles. The number of nitrogens with two attached hydrogens (primary N) is 1. The number of rotatable bonds is 3. The van der Waals surface area contributed by atoms with Crippen molar-refractivity contribution < 1.29 is 0 Å². The highest BCUT2D eigenvalue weighted by Gasteiger charge is 2.00. The van der Waals surface area contributed by atoms with E-state index >= 15 is 0 Å². The van der Waals surface area contributed by atoms with Crippen LogP contribution in [0, 0.1) is 11.3 Å². The summed E-state index contributed by atoms with van der Waals surface area (Å²) in [5.74, 6) is 0. The molecule has 0 aliphatic rings. The minimum Gasteiger partial charge on any atom is -0.375 e. The van der Waals surface area contributed by atoms with Crippen molar-refractivity contribution in [3.63, 3.8) is 0 Å². The number of benzene rings is 1. The maximum Gasteiger partial charge on any atom is 0.184 e. The molecule has 2 rings (SSSR count). The Bertz CT molecular complexity index is 685. The van der Waals surface area contributed by atoms with Crippen LogP contribution >= 0.6 is 12.2 Å². The summed E-state index contributed by atoms with van der Waals surface area (Å²) in [4.78, 5) is 4.24. The quantitative estimate of drug-likeness (QED) is 0.509. The molecule has 0 amide bonds. The monoisotopic (exact) mass is 281 g/mol. The third-order valence-electron chi connectivity index (χ3n) is 2.48. The molecular weight excluding hydrogens is 270 g/mol. The van der Waals surface area contributed by atoms with Crippen LogP contribution in [0.4, 0.5) is 0 Å². The SMILES string of the molecule is N#Cc1ccnc(-c2ccc(C=NNC(N)=S)cc2)c1. The molecule has 0 atom stereocenters. The fourth-order valence-corrected chi connectivity index (χ4v) is 1.62. The fourth-order valence-electron chi connectivity index (χ4n) is 1.57. The van der Waals surface area contributed by atoms with E-state index in [1.165, 1.54) is 0 Å². The lowest BCUT2D eigenvalue weighted by Gasteiger charge is -2.01. The van der Waals surface area contributed by atoms with E-state index in [-0.39, 0.29) is 5.11 Å². The fraction of sp³-hybridized carbons (Fsp3) is 0. The summed E-state index contributed by atoms with van der Waals surface area (Å²) >= 11 is 4.64. The Morgan fingerprint density at radius 1 is 1.35 bits per heavy atom. The predicted molar refractivity (Wildman–Crippen MR) is 81.9 cm³/mol. The lowest BCUT2D eigenvalue weighted by Crippen LogP contribution is -2.23. The zero-order valence-electron chi connectivity index (χ0n) is 10.4. The highest BCUT2D eigenvalue weighted by atomic mass is 32.1. The molecule has 0 aliphatic heterocycles. The first-order valence-corrected chi connectivity index (χ1v) is 6.15. The Hall–Kier alpha value is -2.78. The summed E-state index contributed by atoms with van der Waals surface area (Å²) in [6, 6.07) is 13.1. The molecule has 5 nitrogen and oxygen atoms in total. The molecule has 0 spiro atoms. The van der Waals surface area contributed by atoms with Crippen LogP contribution in [0.3, 0.4) is 0 Å². The summed E-state index contributed by atoms with van der Waals surface area (Å²) in [7, 11) is 0. The summed E-state index contributed by atoms with van der Waals surface area (Å²) in [6.45, 7) is 0. The van der Waals surface area contributed by atoms with Crippen molar-refractivity contribution in [1.29, 1.82) is 5.26 Å². The van der Waals surface area contributed by atoms with Crippen molar-refractivity contribution in [2.24, 2.45) is 10.8 Å². The number of pyridine rings is 1. The van der Waals surface area contributed by atoms with Crippen molar-refractivity contribution in [3.8, 4) is 17.3 Å². The number of hydrogen-bond donors (Lipinski definition) is 2. The molecule has 0 unspecified atom stereocenters. The molecule has 0 saturated heterocycles. The highest BCUT2D eigenvalue weighted by molar-refractivity contribution is 7.80. The van der Waals surface area contributed by atoms with Crippen LogP contribution in [-0.2, 0) is 0 Å². The van der Waals surface area contributed by atoms with Gasteiger partial charge in [0.2, 0.25) is 0 Å². The minimum absolute atomic E-state index is 0.121. The minimum atomic E-state index is 0.121. The molecule has 1 aromatic heterocycles. The highest BCUT2D eigenvalue weighted by Crippen LogP contribution is 2.17. The first-order valence-electron chi connectivity index (χ1n) is 5.74. The average Bonchev–Trinajstić information content (AvgIpc) is 2.48. The van der Waals surface area contributed by atoms with Gasteiger partial charge in [0, 0.05) is 11.8 Å². The number of hydrazone groups is 1. The third-order valence-corrected chi connectivity index (χ3v) is 2.58. The van der Waals surface area contributed by atoms with Gasteiger partial charge in [-0.2, -0.15) is 10.4 Å². The molecule has 0 bridgehead atoms. The lowest BCUT2D eigenvalue weighted by molar-refractivity contribution is 1.04. The molecule has 20 heavy (non-hydrogen) atoms. The van der Waals surface area contributed by atoms with Gasteiger partial charge >= 0.3 is 0 Å². The Labute approximate surface area is 121 Å². The Balaban J connectivity index is 2.17. The van der Waals surface area contributed by atoms with Gasteiger partial charge in [0.05, 0.1) is 23.5 Å². The summed E-state index contributed by atoms with van der Waals surface area (Å²) < 4.78 is 0. The Morgan fingerprint density at radius 3 is 2.75 bits per heavy atom. The van der Waals surface area contributed by atoms with Crippen LogP contribution < -0.4 is 11.2 Å². The van der Waals surface area contributed by atoms with E-state index < -0.39 is 0 Å². The van der Waals surface area contributed by atoms with Gasteiger partial charge in [0.15, 0.2) is 5.11 Å². The van der Waals surface area contributed by atoms with Crippen LogP contribution in [0.25, 0.3) is 11.3 Å². The summed E-state index contributed by atoms with van der Waals surface area (Å²) in [5.41, 5.74) is 10.9. The van der Waals surface area contributed by atoms with Gasteiger partial charge in [0.1, 0.15) is 0 Å². The van der Waals surface area contributed by atoms with E-state index in [2.05, 4.69) is 33.8 Å². The van der Waals surface area contributed by atoms with E-state index in [0.29, 0.717) is 5.56 Å². The van der Waals surface area contributed by atoms with E-state index in [1.54, 1.807) is 24.5 Å². The number of nitrogens with zero attached hydrogens (tertiary/aromatic N) is 3. The van der Waals surface area contributed by atoms with E-state index in [4.69, 9.17) is 11.0 Å². The second kappa shape index (κ2) is 6.41. The number of nitrogens with one attached hydrogen (secondary N) is 1. The largest absolute Gasteiger partial charge is 0.375 e. The van der Waals surface area contributed by atoms with E-state index in [9.17, 15) is 0 Å². The van der Waals surface area contributed by atoms with Crippen molar-refractivity contribution in [1.82, 2.24) is 10.4 Å². The number of nitriles is 1. The molecule has 3 N–H and O–H groups in total. The van der Waals surface area contributed by atoms with Crippen molar-refractivity contribution >= 4 is 23.5 Å². The van der Waals surface area contributed by atoms with E-state index in [1.807, 2.05) is 24.3 Å². The third kappa shape index (κ3) is 3.60. The van der Waals surface area contributed by atoms with Crippen molar-refractivity contribution in [2.45, 2.75) is 0 Å². The van der Waals surface area contributed by atoms with Gasteiger partial charge in [0.25, 0.3) is 0 Å². The van der Waals surface area contributed by atoms with Gasteiger partial charge in [-0.25, -0.2) is 0 Å². The molecule has 98 valence electrons. The average molecular weight is 281 g/mol. The van der Waals surface area contributed by atoms with Crippen LogP contribution in [0.5, 0.6) is 0 Å². The maximum absolute atomic E-state index is 8.87. The maximum atomic E-state index is 8.87. The molecule has 0 fully saturated rings. The first kappa shape index (κ1) is 13.6. The van der Waals surface area contributed by atoms with Crippen molar-refractivity contribution in [2.75, 3.05) is 0 Å². The number of aromatic nitrogens is 1. The van der Waals surface area contributed by atoms with Crippen LogP contribution in [0.15, 0.2) is 47.7 Å². The zero-order valence-corrected chi connectivity index (χ0v) is 11.3. The van der Waals surface area contributed by atoms with Crippen LogP contribution in [0.1, 0.15) is 11.1 Å². The summed E-state index contributed by atoms with van der Waals surface area (Å²) in [6.07, 6.45) is 3.23. The standard InChI is InChI=1S/C14H11N5S/c15-8-11-5-6-17-13(7-11)12-3-1-10(2-4-12)9-18-19-14(16)20/h1-7,9H,(H3,16,19,20). The van der Waals surface area contributed by atoms with Crippen LogP contribution in [-0.4, -0.2) is 16.3 Å². The topological polar surface area (TPSA) is 87.1 Å². The predicted octanol–water partition coefficient (Wildman–Crippen LogP) is 1.79. The number of thiocarbonyl (C=S) groups is 1. The zero-order chi connectivity index (χ0) is 14.4. The molecule has 6 heteroatoms. The van der Waals surface area contributed by atoms with Crippen LogP contribution in [0.2, 0.25) is 0 Å². The Kier molecular flexibility index (Phi) is 4.37. The first-order chi connectivity index (χ1) is 9.69. The van der Waals surface area contributed by atoms with Gasteiger partial charge in [-0.05, 0) is 29.9 Å².